The maximum Gasteiger partial charge on any atom is 0.264 e. The smallest absolute Gasteiger partial charge is 0.264 e. The molecule has 1 N–H and O–H groups in total. The first-order chi connectivity index (χ1) is 19.1. The van der Waals surface area contributed by atoms with Crippen molar-refractivity contribution < 1.29 is 22.7 Å². The van der Waals surface area contributed by atoms with Crippen molar-refractivity contribution in [1.82, 2.24) is 10.2 Å². The number of sulfonamides is 1. The van der Waals surface area contributed by atoms with Crippen LogP contribution in [0.25, 0.3) is 0 Å². The first kappa shape index (κ1) is 31.0. The number of benzene rings is 3. The van der Waals surface area contributed by atoms with Crippen LogP contribution in [0.3, 0.4) is 0 Å². The van der Waals surface area contributed by atoms with Gasteiger partial charge >= 0.3 is 0 Å². The quantitative estimate of drug-likeness (QED) is 0.295. The number of carbonyl (C=O) groups is 2. The van der Waals surface area contributed by atoms with Gasteiger partial charge in [0, 0.05) is 17.6 Å². The fourth-order valence-electron chi connectivity index (χ4n) is 4.14. The van der Waals surface area contributed by atoms with E-state index in [2.05, 4.69) is 5.32 Å². The van der Waals surface area contributed by atoms with Gasteiger partial charge in [-0.2, -0.15) is 0 Å². The number of rotatable bonds is 13. The molecule has 0 saturated heterocycles. The Hall–Kier alpha value is -3.56. The topological polar surface area (TPSA) is 96.0 Å². The van der Waals surface area contributed by atoms with E-state index in [4.69, 9.17) is 16.3 Å². The molecule has 0 bridgehead atoms. The molecule has 0 radical (unpaired) electrons. The van der Waals surface area contributed by atoms with Gasteiger partial charge in [0.15, 0.2) is 0 Å². The zero-order valence-corrected chi connectivity index (χ0v) is 24.8. The molecule has 10 heteroatoms. The largest absolute Gasteiger partial charge is 0.497 e. The van der Waals surface area contributed by atoms with Crippen LogP contribution in [0.1, 0.15) is 39.2 Å². The summed E-state index contributed by atoms with van der Waals surface area (Å²) >= 11 is 6.07. The maximum atomic E-state index is 14.0. The van der Waals surface area contributed by atoms with Crippen LogP contribution in [-0.4, -0.2) is 50.9 Å². The molecule has 0 fully saturated rings. The maximum absolute atomic E-state index is 14.0. The van der Waals surface area contributed by atoms with Gasteiger partial charge in [0.25, 0.3) is 10.0 Å². The molecule has 0 aliphatic heterocycles. The Morgan fingerprint density at radius 3 is 2.10 bits per heavy atom. The fraction of sp³-hybridized carbons (Fsp3) is 0.333. The van der Waals surface area contributed by atoms with Crippen LogP contribution >= 0.6 is 11.6 Å². The molecular weight excluding hydrogens is 550 g/mol. The number of anilines is 1. The highest BCUT2D eigenvalue weighted by Crippen LogP contribution is 2.26. The third kappa shape index (κ3) is 7.76. The van der Waals surface area contributed by atoms with E-state index in [1.54, 1.807) is 61.7 Å². The summed E-state index contributed by atoms with van der Waals surface area (Å²) in [6, 6.07) is 20.5. The van der Waals surface area contributed by atoms with Gasteiger partial charge in [0.2, 0.25) is 11.8 Å². The van der Waals surface area contributed by atoms with Gasteiger partial charge in [-0.05, 0) is 73.9 Å². The van der Waals surface area contributed by atoms with Crippen LogP contribution in [0, 0.1) is 0 Å². The van der Waals surface area contributed by atoms with E-state index in [0.29, 0.717) is 17.2 Å². The lowest BCUT2D eigenvalue weighted by Crippen LogP contribution is -2.53. The standard InChI is InChI=1S/C30H36ClN3O5S/c1-5-22(3)32-30(36)28(6-2)33(20-23-12-18-26(39-4)19-13-23)29(35)21-34(25-16-14-24(31)15-17-25)40(37,38)27-10-8-7-9-11-27/h7-19,22,28H,5-6,20-21H2,1-4H3,(H,32,36)/t22-,28+/m0/s1. The van der Waals surface area contributed by atoms with Crippen molar-refractivity contribution in [3.05, 3.63) is 89.4 Å². The number of carbonyl (C=O) groups excluding carboxylic acids is 2. The van der Waals surface area contributed by atoms with Crippen molar-refractivity contribution in [2.75, 3.05) is 18.0 Å². The number of hydrogen-bond donors (Lipinski definition) is 1. The first-order valence-corrected chi connectivity index (χ1v) is 15.0. The third-order valence-corrected chi connectivity index (χ3v) is 8.66. The molecule has 3 aromatic rings. The van der Waals surface area contributed by atoms with Gasteiger partial charge in [-0.3, -0.25) is 13.9 Å². The second-order valence-corrected chi connectivity index (χ2v) is 11.7. The van der Waals surface area contributed by atoms with Gasteiger partial charge in [-0.15, -0.1) is 0 Å². The monoisotopic (exact) mass is 585 g/mol. The molecule has 0 saturated carbocycles. The molecule has 3 rings (SSSR count). The van der Waals surface area contributed by atoms with Gasteiger partial charge in [-0.1, -0.05) is 55.8 Å². The molecule has 0 heterocycles. The number of nitrogens with one attached hydrogen (secondary N) is 1. The lowest BCUT2D eigenvalue weighted by atomic mass is 10.1. The van der Waals surface area contributed by atoms with E-state index >= 15 is 0 Å². The van der Waals surface area contributed by atoms with Crippen LogP contribution in [0.15, 0.2) is 83.8 Å². The average Bonchev–Trinajstić information content (AvgIpc) is 2.96. The minimum absolute atomic E-state index is 0.0426. The van der Waals surface area contributed by atoms with E-state index < -0.39 is 28.5 Å². The molecule has 0 aromatic heterocycles. The van der Waals surface area contributed by atoms with Crippen LogP contribution in [0.5, 0.6) is 5.75 Å². The molecule has 0 aliphatic carbocycles. The van der Waals surface area contributed by atoms with Crippen LogP contribution in [0.2, 0.25) is 5.02 Å². The molecule has 0 aliphatic rings. The van der Waals surface area contributed by atoms with Gasteiger partial charge in [0.05, 0.1) is 17.7 Å². The molecule has 8 nitrogen and oxygen atoms in total. The zero-order chi connectivity index (χ0) is 29.3. The number of hydrogen-bond acceptors (Lipinski definition) is 5. The summed E-state index contributed by atoms with van der Waals surface area (Å²) in [5.41, 5.74) is 1.05. The summed E-state index contributed by atoms with van der Waals surface area (Å²) in [6.07, 6.45) is 1.07. The lowest BCUT2D eigenvalue weighted by Gasteiger charge is -2.33. The SMILES string of the molecule is CC[C@H](C(=O)N[C@@H](C)CC)N(Cc1ccc(OC)cc1)C(=O)CN(c1ccc(Cl)cc1)S(=O)(=O)c1ccccc1. The van der Waals surface area contributed by atoms with Crippen molar-refractivity contribution in [3.63, 3.8) is 0 Å². The van der Waals surface area contributed by atoms with Gasteiger partial charge in [-0.25, -0.2) is 8.42 Å². The minimum atomic E-state index is -4.13. The van der Waals surface area contributed by atoms with E-state index in [1.807, 2.05) is 32.9 Å². The number of methoxy groups -OCH3 is 1. The Morgan fingerprint density at radius 1 is 0.925 bits per heavy atom. The third-order valence-electron chi connectivity index (χ3n) is 6.62. The highest BCUT2D eigenvalue weighted by molar-refractivity contribution is 7.92. The minimum Gasteiger partial charge on any atom is -0.497 e. The fourth-order valence-corrected chi connectivity index (χ4v) is 5.71. The van der Waals surface area contributed by atoms with Crippen molar-refractivity contribution >= 4 is 39.1 Å². The summed E-state index contributed by atoms with van der Waals surface area (Å²) < 4.78 is 33.9. The molecule has 214 valence electrons. The van der Waals surface area contributed by atoms with Crippen LogP contribution < -0.4 is 14.4 Å². The molecule has 0 unspecified atom stereocenters. The molecule has 2 atom stereocenters. The van der Waals surface area contributed by atoms with Gasteiger partial charge in [0.1, 0.15) is 18.3 Å². The van der Waals surface area contributed by atoms with Crippen LogP contribution in [0.4, 0.5) is 5.69 Å². The highest BCUT2D eigenvalue weighted by atomic mass is 35.5. The van der Waals surface area contributed by atoms with Crippen molar-refractivity contribution in [2.45, 2.75) is 57.1 Å². The number of halogens is 1. The first-order valence-electron chi connectivity index (χ1n) is 13.2. The van der Waals surface area contributed by atoms with Crippen molar-refractivity contribution in [3.8, 4) is 5.75 Å². The molecule has 3 aromatic carbocycles. The highest BCUT2D eigenvalue weighted by Gasteiger charge is 2.34. The Labute approximate surface area is 241 Å². The summed E-state index contributed by atoms with van der Waals surface area (Å²) in [7, 11) is -2.56. The Kier molecular flexibility index (Phi) is 11.0. The van der Waals surface area contributed by atoms with E-state index in [1.165, 1.54) is 17.0 Å². The zero-order valence-electron chi connectivity index (χ0n) is 23.2. The predicted molar refractivity (Wildman–Crippen MR) is 158 cm³/mol. The molecule has 40 heavy (non-hydrogen) atoms. The van der Waals surface area contributed by atoms with Crippen molar-refractivity contribution in [2.24, 2.45) is 0 Å². The molecule has 0 spiro atoms. The van der Waals surface area contributed by atoms with Crippen molar-refractivity contribution in [1.29, 1.82) is 0 Å². The average molecular weight is 586 g/mol. The van der Waals surface area contributed by atoms with E-state index in [0.717, 1.165) is 16.3 Å². The predicted octanol–water partition coefficient (Wildman–Crippen LogP) is 5.27. The summed E-state index contributed by atoms with van der Waals surface area (Å²) in [4.78, 5) is 28.9. The number of amides is 2. The number of ether oxygens (including phenoxy) is 1. The summed E-state index contributed by atoms with van der Waals surface area (Å²) in [6.45, 7) is 5.28. The molecular formula is C30H36ClN3O5S. The second kappa shape index (κ2) is 14.2. The number of nitrogens with zero attached hydrogens (tertiary/aromatic N) is 2. The normalized spacial score (nSPS) is 12.7. The van der Waals surface area contributed by atoms with E-state index in [9.17, 15) is 18.0 Å². The summed E-state index contributed by atoms with van der Waals surface area (Å²) in [5, 5.41) is 3.40. The van der Waals surface area contributed by atoms with Gasteiger partial charge < -0.3 is 15.0 Å². The van der Waals surface area contributed by atoms with Crippen LogP contribution in [-0.2, 0) is 26.2 Å². The Bertz CT molecular complexity index is 1370. The second-order valence-electron chi connectivity index (χ2n) is 9.41. The Balaban J connectivity index is 2.03. The Morgan fingerprint density at radius 2 is 1.55 bits per heavy atom. The summed E-state index contributed by atoms with van der Waals surface area (Å²) in [5.74, 6) is -0.148. The lowest BCUT2D eigenvalue weighted by molar-refractivity contribution is -0.140. The molecule has 2 amide bonds. The van der Waals surface area contributed by atoms with E-state index in [-0.39, 0.29) is 29.1 Å².